The minimum Gasteiger partial charge on any atom is -0.462 e. The van der Waals surface area contributed by atoms with Gasteiger partial charge in [0.05, 0.1) is 36.3 Å². The zero-order valence-electron chi connectivity index (χ0n) is 45.9. The van der Waals surface area contributed by atoms with Gasteiger partial charge >= 0.3 is 11.9 Å². The summed E-state index contributed by atoms with van der Waals surface area (Å²) >= 11 is 0. The fourth-order valence-corrected chi connectivity index (χ4v) is 19.0. The van der Waals surface area contributed by atoms with E-state index in [1.54, 1.807) is 0 Å². The third-order valence-electron chi connectivity index (χ3n) is 23.5. The van der Waals surface area contributed by atoms with Crippen molar-refractivity contribution in [2.45, 2.75) is 248 Å². The fourth-order valence-electron chi connectivity index (χ4n) is 19.0. The molecule has 8 saturated carbocycles. The summed E-state index contributed by atoms with van der Waals surface area (Å²) in [6.07, 6.45) is 26.3. The van der Waals surface area contributed by atoms with E-state index in [1.165, 1.54) is 64.2 Å². The van der Waals surface area contributed by atoms with Gasteiger partial charge in [-0.15, -0.1) is 0 Å². The second-order valence-corrected chi connectivity index (χ2v) is 28.1. The number of fused-ring (bicyclic) bond motifs is 6. The molecule has 69 heavy (non-hydrogen) atoms. The van der Waals surface area contributed by atoms with Crippen molar-refractivity contribution in [1.82, 2.24) is 0 Å². The summed E-state index contributed by atoms with van der Waals surface area (Å²) in [6, 6.07) is 0. The third kappa shape index (κ3) is 11.1. The van der Waals surface area contributed by atoms with Crippen molar-refractivity contribution in [3.63, 3.8) is 0 Å². The Morgan fingerprint density at radius 3 is 1.25 bits per heavy atom. The summed E-state index contributed by atoms with van der Waals surface area (Å²) in [7, 11) is 0. The number of aliphatic hydroxyl groups is 2. The highest BCUT2D eigenvalue weighted by atomic mass is 16.6. The first-order valence-electron chi connectivity index (χ1n) is 29.6. The van der Waals surface area contributed by atoms with Crippen LogP contribution in [0.3, 0.4) is 0 Å². The second-order valence-electron chi connectivity index (χ2n) is 28.1. The van der Waals surface area contributed by atoms with Gasteiger partial charge in [-0.25, -0.2) is 0 Å². The molecule has 8 aliphatic rings. The number of hydrogen-bond acceptors (Lipinski definition) is 8. The lowest BCUT2D eigenvalue weighted by Gasteiger charge is -2.61. The summed E-state index contributed by atoms with van der Waals surface area (Å²) in [5.74, 6) is 8.03. The van der Waals surface area contributed by atoms with E-state index in [-0.39, 0.29) is 66.8 Å². The molecule has 0 radical (unpaired) electrons. The molecule has 0 aromatic heterocycles. The normalized spacial score (nSPS) is 43.7. The number of rotatable bonds is 16. The van der Waals surface area contributed by atoms with Crippen LogP contribution in [0.1, 0.15) is 223 Å². The lowest BCUT2D eigenvalue weighted by molar-refractivity contribution is -0.183. The van der Waals surface area contributed by atoms with Crippen LogP contribution in [0.2, 0.25) is 0 Å². The lowest BCUT2D eigenvalue weighted by Crippen LogP contribution is -2.56. The summed E-state index contributed by atoms with van der Waals surface area (Å²) in [6.45, 7) is 24.4. The third-order valence-corrected chi connectivity index (χ3v) is 23.5. The SMILES string of the molecule is CC(C)C1CCC2C(CCC3C(C)(C(=O)OCC(O)COC4CCC(C(C)(C)C5CCC(OCC(O)COC(=O)C6(C)CCCC7(C)C8CCC(C(C)C)CC8CCC67)CC5)CC4)CCCC23C)C1. The number of esters is 2. The minimum atomic E-state index is -0.807. The average molecular weight is 965 g/mol. The molecule has 8 nitrogen and oxygen atoms in total. The first kappa shape index (κ1) is 54.1. The molecule has 396 valence electrons. The average Bonchev–Trinajstić information content (AvgIpc) is 3.33. The minimum absolute atomic E-state index is 0.0143. The van der Waals surface area contributed by atoms with Crippen LogP contribution in [0.4, 0.5) is 0 Å². The van der Waals surface area contributed by atoms with E-state index in [9.17, 15) is 19.8 Å². The van der Waals surface area contributed by atoms with Gasteiger partial charge in [0, 0.05) is 0 Å². The van der Waals surface area contributed by atoms with Crippen LogP contribution in [0, 0.1) is 98.1 Å². The zero-order valence-corrected chi connectivity index (χ0v) is 45.9. The Bertz CT molecular complexity index is 1570. The van der Waals surface area contributed by atoms with Crippen LogP contribution in [0.25, 0.3) is 0 Å². The highest BCUT2D eigenvalue weighted by molar-refractivity contribution is 5.78. The summed E-state index contributed by atoms with van der Waals surface area (Å²) < 4.78 is 24.6. The summed E-state index contributed by atoms with van der Waals surface area (Å²) in [4.78, 5) is 27.9. The van der Waals surface area contributed by atoms with Crippen molar-refractivity contribution in [3.05, 3.63) is 0 Å². The van der Waals surface area contributed by atoms with E-state index in [4.69, 9.17) is 18.9 Å². The molecule has 0 spiro atoms. The van der Waals surface area contributed by atoms with Gasteiger partial charge in [-0.05, 0) is 242 Å². The topological polar surface area (TPSA) is 112 Å². The molecule has 0 heterocycles. The molecule has 14 atom stereocenters. The van der Waals surface area contributed by atoms with Crippen molar-refractivity contribution in [2.75, 3.05) is 26.4 Å². The molecule has 0 bridgehead atoms. The van der Waals surface area contributed by atoms with Gasteiger partial charge in [0.1, 0.15) is 25.4 Å². The summed E-state index contributed by atoms with van der Waals surface area (Å²) in [5.41, 5.74) is -0.338. The molecule has 8 heteroatoms. The molecule has 0 aromatic rings. The number of carbonyl (C=O) groups excluding carboxylic acids is 2. The molecule has 0 amide bonds. The maximum Gasteiger partial charge on any atom is 0.312 e. The summed E-state index contributed by atoms with van der Waals surface area (Å²) in [5, 5.41) is 22.0. The molecule has 8 fully saturated rings. The monoisotopic (exact) mass is 965 g/mol. The second kappa shape index (κ2) is 21.9. The van der Waals surface area contributed by atoms with Crippen LogP contribution in [0.15, 0.2) is 0 Å². The van der Waals surface area contributed by atoms with Crippen LogP contribution < -0.4 is 0 Å². The fraction of sp³-hybridized carbons (Fsp3) is 0.967. The van der Waals surface area contributed by atoms with Gasteiger partial charge in [0.2, 0.25) is 0 Å². The molecule has 0 aliphatic heterocycles. The highest BCUT2D eigenvalue weighted by Crippen LogP contribution is 2.66. The Kier molecular flexibility index (Phi) is 17.2. The Morgan fingerprint density at radius 1 is 0.507 bits per heavy atom. The van der Waals surface area contributed by atoms with E-state index < -0.39 is 23.0 Å². The molecular weight excluding hydrogens is 861 g/mol. The van der Waals surface area contributed by atoms with Crippen molar-refractivity contribution in [1.29, 1.82) is 0 Å². The number of aliphatic hydroxyl groups excluding tert-OH is 2. The Balaban J connectivity index is 0.708. The molecule has 2 N–H and O–H groups in total. The number of carbonyl (C=O) groups is 2. The molecule has 0 aromatic carbocycles. The predicted octanol–water partition coefficient (Wildman–Crippen LogP) is 13.6. The standard InChI is InChI=1S/C61H104O8/c1-39(2)41-13-25-51-43(33-41)15-27-53-58(51,7)29-11-31-60(53,9)55(64)68-37-47(62)35-66-49-21-17-45(18-22-49)57(5,6)46-19-23-50(24-20-46)67-36-48(63)38-69-56(65)61(10)32-12-30-59(8)52-26-14-42(40(3)4)34-44(52)16-28-54(59)61/h39-54,62-63H,11-38H2,1-10H3. The quantitative estimate of drug-likeness (QED) is 0.147. The van der Waals surface area contributed by atoms with E-state index in [1.807, 2.05) is 0 Å². The van der Waals surface area contributed by atoms with Crippen LogP contribution in [0.5, 0.6) is 0 Å². The number of ether oxygens (including phenoxy) is 4. The largest absolute Gasteiger partial charge is 0.462 e. The van der Waals surface area contributed by atoms with Crippen molar-refractivity contribution in [2.24, 2.45) is 98.1 Å². The first-order valence-corrected chi connectivity index (χ1v) is 29.6. The smallest absolute Gasteiger partial charge is 0.312 e. The van der Waals surface area contributed by atoms with Crippen molar-refractivity contribution >= 4 is 11.9 Å². The molecule has 0 saturated heterocycles. The van der Waals surface area contributed by atoms with Gasteiger partial charge in [0.25, 0.3) is 0 Å². The predicted molar refractivity (Wildman–Crippen MR) is 275 cm³/mol. The van der Waals surface area contributed by atoms with E-state index in [2.05, 4.69) is 69.2 Å². The van der Waals surface area contributed by atoms with Crippen LogP contribution in [-0.2, 0) is 28.5 Å². The van der Waals surface area contributed by atoms with Crippen molar-refractivity contribution in [3.8, 4) is 0 Å². The maximum atomic E-state index is 13.9. The highest BCUT2D eigenvalue weighted by Gasteiger charge is 2.61. The van der Waals surface area contributed by atoms with Crippen LogP contribution >= 0.6 is 0 Å². The van der Waals surface area contributed by atoms with Crippen molar-refractivity contribution < 1.29 is 38.7 Å². The molecule has 8 rings (SSSR count). The van der Waals surface area contributed by atoms with Gasteiger partial charge in [-0.1, -0.05) is 68.2 Å². The van der Waals surface area contributed by atoms with E-state index in [0.717, 1.165) is 137 Å². The molecule has 14 unspecified atom stereocenters. The number of hydrogen-bond donors (Lipinski definition) is 2. The maximum absolute atomic E-state index is 13.9. The molecule has 8 aliphatic carbocycles. The van der Waals surface area contributed by atoms with E-state index in [0.29, 0.717) is 23.7 Å². The van der Waals surface area contributed by atoms with Gasteiger partial charge in [0.15, 0.2) is 0 Å². The Labute approximate surface area is 421 Å². The Morgan fingerprint density at radius 2 is 0.884 bits per heavy atom. The van der Waals surface area contributed by atoms with Gasteiger partial charge < -0.3 is 29.2 Å². The molecular formula is C61H104O8. The lowest BCUT2D eigenvalue weighted by atomic mass is 9.43. The Hall–Kier alpha value is -1.22. The van der Waals surface area contributed by atoms with Crippen LogP contribution in [-0.4, -0.2) is 73.0 Å². The van der Waals surface area contributed by atoms with Gasteiger partial charge in [-0.2, -0.15) is 0 Å². The first-order chi connectivity index (χ1) is 32.7. The van der Waals surface area contributed by atoms with Gasteiger partial charge in [-0.3, -0.25) is 9.59 Å². The van der Waals surface area contributed by atoms with E-state index >= 15 is 0 Å². The zero-order chi connectivity index (χ0) is 49.5.